The minimum Gasteiger partial charge on any atom is -0.478 e. The SMILES string of the molecule is O=C(O)c1cc(CO)cc2c1C(=O)c1c(CO)cccc1C2=O. The molecule has 1 aliphatic rings. The first kappa shape index (κ1) is 15.1. The van der Waals surface area contributed by atoms with E-state index in [1.54, 1.807) is 6.07 Å². The van der Waals surface area contributed by atoms with Gasteiger partial charge >= 0.3 is 5.97 Å². The molecule has 3 N–H and O–H groups in total. The molecular formula is C17H12O6. The Morgan fingerprint density at radius 3 is 2.26 bits per heavy atom. The van der Waals surface area contributed by atoms with E-state index in [1.165, 1.54) is 24.3 Å². The molecule has 1 aliphatic carbocycles. The van der Waals surface area contributed by atoms with Gasteiger partial charge in [0.1, 0.15) is 0 Å². The normalized spacial score (nSPS) is 12.8. The molecule has 0 aromatic heterocycles. The van der Waals surface area contributed by atoms with Crippen LogP contribution in [0.25, 0.3) is 0 Å². The molecule has 0 spiro atoms. The lowest BCUT2D eigenvalue weighted by Crippen LogP contribution is -2.26. The average Bonchev–Trinajstić information content (AvgIpc) is 2.57. The van der Waals surface area contributed by atoms with Gasteiger partial charge in [-0.25, -0.2) is 4.79 Å². The molecule has 116 valence electrons. The van der Waals surface area contributed by atoms with Crippen molar-refractivity contribution < 1.29 is 29.7 Å². The molecule has 0 saturated heterocycles. The summed E-state index contributed by atoms with van der Waals surface area (Å²) in [4.78, 5) is 36.9. The second kappa shape index (κ2) is 5.42. The lowest BCUT2D eigenvalue weighted by Gasteiger charge is -2.21. The number of carboxylic acids is 1. The average molecular weight is 312 g/mol. The molecule has 0 atom stereocenters. The van der Waals surface area contributed by atoms with Gasteiger partial charge in [-0.15, -0.1) is 0 Å². The molecule has 0 unspecified atom stereocenters. The van der Waals surface area contributed by atoms with Crippen LogP contribution in [-0.4, -0.2) is 32.9 Å². The molecule has 6 nitrogen and oxygen atoms in total. The van der Waals surface area contributed by atoms with Crippen LogP contribution in [0.4, 0.5) is 0 Å². The Morgan fingerprint density at radius 2 is 1.65 bits per heavy atom. The zero-order valence-electron chi connectivity index (χ0n) is 11.9. The summed E-state index contributed by atoms with van der Waals surface area (Å²) >= 11 is 0. The quantitative estimate of drug-likeness (QED) is 0.669. The van der Waals surface area contributed by atoms with Crippen LogP contribution in [0.3, 0.4) is 0 Å². The molecule has 0 amide bonds. The van der Waals surface area contributed by atoms with Crippen molar-refractivity contribution >= 4 is 17.5 Å². The van der Waals surface area contributed by atoms with Crippen LogP contribution < -0.4 is 0 Å². The molecule has 2 aromatic rings. The Hall–Kier alpha value is -2.83. The van der Waals surface area contributed by atoms with E-state index in [4.69, 9.17) is 0 Å². The smallest absolute Gasteiger partial charge is 0.336 e. The van der Waals surface area contributed by atoms with Gasteiger partial charge in [0.25, 0.3) is 0 Å². The third-order valence-electron chi connectivity index (χ3n) is 3.88. The maximum absolute atomic E-state index is 12.8. The number of rotatable bonds is 3. The van der Waals surface area contributed by atoms with E-state index < -0.39 is 30.7 Å². The largest absolute Gasteiger partial charge is 0.478 e. The van der Waals surface area contributed by atoms with Crippen LogP contribution in [-0.2, 0) is 13.2 Å². The first-order valence-corrected chi connectivity index (χ1v) is 6.82. The van der Waals surface area contributed by atoms with Crippen LogP contribution in [0, 0.1) is 0 Å². The Kier molecular flexibility index (Phi) is 3.55. The fraction of sp³-hybridized carbons (Fsp3) is 0.118. The molecule has 23 heavy (non-hydrogen) atoms. The van der Waals surface area contributed by atoms with E-state index in [0.717, 1.165) is 0 Å². The number of carbonyl (C=O) groups is 3. The summed E-state index contributed by atoms with van der Waals surface area (Å²) in [5, 5.41) is 28.0. The predicted molar refractivity (Wildman–Crippen MR) is 78.6 cm³/mol. The molecule has 6 heteroatoms. The number of aliphatic hydroxyl groups excluding tert-OH is 2. The van der Waals surface area contributed by atoms with Crippen LogP contribution in [0.5, 0.6) is 0 Å². The molecule has 0 radical (unpaired) electrons. The number of aliphatic hydroxyl groups is 2. The molecule has 2 aromatic carbocycles. The number of hydrogen-bond acceptors (Lipinski definition) is 5. The van der Waals surface area contributed by atoms with E-state index in [-0.39, 0.29) is 38.9 Å². The molecule has 0 bridgehead atoms. The minimum absolute atomic E-state index is 0.0340. The zero-order chi connectivity index (χ0) is 16.7. The summed E-state index contributed by atoms with van der Waals surface area (Å²) in [6, 6.07) is 7.03. The summed E-state index contributed by atoms with van der Waals surface area (Å²) in [6.07, 6.45) is 0. The summed E-state index contributed by atoms with van der Waals surface area (Å²) in [6.45, 7) is -0.882. The Morgan fingerprint density at radius 1 is 0.913 bits per heavy atom. The molecule has 0 fully saturated rings. The third kappa shape index (κ3) is 2.16. The monoisotopic (exact) mass is 312 g/mol. The fourth-order valence-electron chi connectivity index (χ4n) is 2.84. The summed E-state index contributed by atoms with van der Waals surface area (Å²) in [7, 11) is 0. The van der Waals surface area contributed by atoms with Crippen molar-refractivity contribution in [2.24, 2.45) is 0 Å². The van der Waals surface area contributed by atoms with Gasteiger partial charge < -0.3 is 15.3 Å². The first-order chi connectivity index (χ1) is 11.0. The number of carbonyl (C=O) groups excluding carboxylic acids is 2. The third-order valence-corrected chi connectivity index (χ3v) is 3.88. The van der Waals surface area contributed by atoms with Gasteiger partial charge in [-0.1, -0.05) is 18.2 Å². The van der Waals surface area contributed by atoms with Crippen molar-refractivity contribution in [3.05, 3.63) is 69.3 Å². The van der Waals surface area contributed by atoms with Gasteiger partial charge in [0.2, 0.25) is 0 Å². The van der Waals surface area contributed by atoms with Crippen molar-refractivity contribution in [1.82, 2.24) is 0 Å². The topological polar surface area (TPSA) is 112 Å². The molecule has 0 heterocycles. The van der Waals surface area contributed by atoms with Crippen molar-refractivity contribution in [3.8, 4) is 0 Å². The highest BCUT2D eigenvalue weighted by Crippen LogP contribution is 2.32. The van der Waals surface area contributed by atoms with Gasteiger partial charge in [-0.3, -0.25) is 9.59 Å². The molecule has 0 aliphatic heterocycles. The van der Waals surface area contributed by atoms with Crippen molar-refractivity contribution in [2.75, 3.05) is 0 Å². The van der Waals surface area contributed by atoms with E-state index >= 15 is 0 Å². The van der Waals surface area contributed by atoms with Crippen LogP contribution in [0.15, 0.2) is 30.3 Å². The number of ketones is 2. The lowest BCUT2D eigenvalue weighted by atomic mass is 9.79. The first-order valence-electron chi connectivity index (χ1n) is 6.82. The molecule has 3 rings (SSSR count). The van der Waals surface area contributed by atoms with Gasteiger partial charge in [0.05, 0.1) is 18.8 Å². The Labute approximate surface area is 130 Å². The second-order valence-electron chi connectivity index (χ2n) is 5.19. The van der Waals surface area contributed by atoms with Crippen molar-refractivity contribution in [2.45, 2.75) is 13.2 Å². The van der Waals surface area contributed by atoms with Crippen LogP contribution >= 0.6 is 0 Å². The number of carboxylic acid groups (broad SMARTS) is 1. The standard InChI is InChI=1S/C17H12O6/c18-6-8-4-11-14(12(5-8)17(22)23)16(21)13-9(7-19)2-1-3-10(13)15(11)20/h1-5,18-19H,6-7H2,(H,22,23). The maximum atomic E-state index is 12.8. The Bertz CT molecular complexity index is 866. The van der Waals surface area contributed by atoms with E-state index in [9.17, 15) is 29.7 Å². The summed E-state index contributed by atoms with van der Waals surface area (Å²) in [5.74, 6) is -2.47. The Balaban J connectivity index is 2.38. The van der Waals surface area contributed by atoms with Gasteiger partial charge in [-0.2, -0.15) is 0 Å². The van der Waals surface area contributed by atoms with E-state index in [0.29, 0.717) is 0 Å². The highest BCUT2D eigenvalue weighted by Gasteiger charge is 2.35. The number of benzene rings is 2. The van der Waals surface area contributed by atoms with Crippen LogP contribution in [0.1, 0.15) is 53.3 Å². The number of fused-ring (bicyclic) bond motifs is 2. The molecular weight excluding hydrogens is 300 g/mol. The molecule has 0 saturated carbocycles. The van der Waals surface area contributed by atoms with Crippen molar-refractivity contribution in [1.29, 1.82) is 0 Å². The van der Waals surface area contributed by atoms with Gasteiger partial charge in [0, 0.05) is 22.3 Å². The van der Waals surface area contributed by atoms with E-state index in [2.05, 4.69) is 0 Å². The highest BCUT2D eigenvalue weighted by molar-refractivity contribution is 6.31. The van der Waals surface area contributed by atoms with Gasteiger partial charge in [0.15, 0.2) is 11.6 Å². The van der Waals surface area contributed by atoms with Crippen molar-refractivity contribution in [3.63, 3.8) is 0 Å². The van der Waals surface area contributed by atoms with Gasteiger partial charge in [-0.05, 0) is 23.3 Å². The maximum Gasteiger partial charge on any atom is 0.336 e. The fourth-order valence-corrected chi connectivity index (χ4v) is 2.84. The number of aromatic carboxylic acids is 1. The summed E-state index contributed by atoms with van der Waals surface area (Å²) < 4.78 is 0. The van der Waals surface area contributed by atoms with E-state index in [1.807, 2.05) is 0 Å². The second-order valence-corrected chi connectivity index (χ2v) is 5.19. The minimum atomic E-state index is -1.36. The summed E-state index contributed by atoms with van der Waals surface area (Å²) in [5.41, 5.74) is 0.100. The lowest BCUT2D eigenvalue weighted by molar-refractivity contribution is 0.0692. The predicted octanol–water partition coefficient (Wildman–Crippen LogP) is 1.14. The number of hydrogen-bond donors (Lipinski definition) is 3. The van der Waals surface area contributed by atoms with Crippen LogP contribution in [0.2, 0.25) is 0 Å². The highest BCUT2D eigenvalue weighted by atomic mass is 16.4. The zero-order valence-corrected chi connectivity index (χ0v) is 11.9.